The molecule has 7 nitrogen and oxygen atoms in total. The van der Waals surface area contributed by atoms with Gasteiger partial charge in [0.25, 0.3) is 5.91 Å². The van der Waals surface area contributed by atoms with Gasteiger partial charge in [0, 0.05) is 39.0 Å². The molecule has 0 radical (unpaired) electrons. The predicted octanol–water partition coefficient (Wildman–Crippen LogP) is 0.704. The second-order valence-corrected chi connectivity index (χ2v) is 6.56. The highest BCUT2D eigenvalue weighted by molar-refractivity contribution is 5.93. The molecule has 24 heavy (non-hydrogen) atoms. The minimum atomic E-state index is -0.220. The maximum absolute atomic E-state index is 12.6. The SMILES string of the molecule is CN(C)c1ccnc(C(=O)N[C@H]2CCC(=O)N[C@@H]2C2CCCO2)c1. The summed E-state index contributed by atoms with van der Waals surface area (Å²) in [6.45, 7) is 0.712. The normalized spacial score (nSPS) is 26.8. The van der Waals surface area contributed by atoms with Gasteiger partial charge in [-0.3, -0.25) is 14.6 Å². The molecule has 2 N–H and O–H groups in total. The van der Waals surface area contributed by atoms with Crippen LogP contribution in [0.5, 0.6) is 0 Å². The molecule has 3 heterocycles. The van der Waals surface area contributed by atoms with Gasteiger partial charge in [0.2, 0.25) is 5.91 Å². The van der Waals surface area contributed by atoms with Crippen LogP contribution in [-0.4, -0.2) is 55.7 Å². The van der Waals surface area contributed by atoms with Crippen LogP contribution in [-0.2, 0) is 9.53 Å². The van der Waals surface area contributed by atoms with E-state index < -0.39 is 0 Å². The summed E-state index contributed by atoms with van der Waals surface area (Å²) in [5.41, 5.74) is 1.30. The van der Waals surface area contributed by atoms with Crippen molar-refractivity contribution in [2.75, 3.05) is 25.6 Å². The number of pyridine rings is 1. The second-order valence-electron chi connectivity index (χ2n) is 6.56. The van der Waals surface area contributed by atoms with E-state index in [-0.39, 0.29) is 30.0 Å². The van der Waals surface area contributed by atoms with E-state index in [1.807, 2.05) is 25.1 Å². The Kier molecular flexibility index (Phi) is 4.99. The monoisotopic (exact) mass is 332 g/mol. The third-order valence-corrected chi connectivity index (χ3v) is 4.62. The van der Waals surface area contributed by atoms with Crippen LogP contribution in [0.25, 0.3) is 0 Å². The summed E-state index contributed by atoms with van der Waals surface area (Å²) >= 11 is 0. The molecule has 0 aliphatic carbocycles. The lowest BCUT2D eigenvalue weighted by Crippen LogP contribution is -2.60. The van der Waals surface area contributed by atoms with Crippen molar-refractivity contribution in [3.05, 3.63) is 24.0 Å². The zero-order valence-electron chi connectivity index (χ0n) is 14.1. The summed E-state index contributed by atoms with van der Waals surface area (Å²) in [5, 5.41) is 6.02. The zero-order chi connectivity index (χ0) is 17.1. The summed E-state index contributed by atoms with van der Waals surface area (Å²) in [6, 6.07) is 3.31. The van der Waals surface area contributed by atoms with Crippen molar-refractivity contribution in [2.45, 2.75) is 43.9 Å². The van der Waals surface area contributed by atoms with E-state index >= 15 is 0 Å². The lowest BCUT2D eigenvalue weighted by atomic mass is 9.92. The smallest absolute Gasteiger partial charge is 0.270 e. The molecule has 3 rings (SSSR count). The summed E-state index contributed by atoms with van der Waals surface area (Å²) < 4.78 is 5.72. The maximum Gasteiger partial charge on any atom is 0.270 e. The van der Waals surface area contributed by atoms with E-state index in [4.69, 9.17) is 4.74 Å². The molecule has 2 amide bonds. The fraction of sp³-hybridized carbons (Fsp3) is 0.588. The average molecular weight is 332 g/mol. The lowest BCUT2D eigenvalue weighted by Gasteiger charge is -2.36. The molecule has 130 valence electrons. The highest BCUT2D eigenvalue weighted by Crippen LogP contribution is 2.23. The van der Waals surface area contributed by atoms with Gasteiger partial charge in [-0.2, -0.15) is 0 Å². The first-order valence-electron chi connectivity index (χ1n) is 8.40. The maximum atomic E-state index is 12.6. The van der Waals surface area contributed by atoms with Crippen molar-refractivity contribution in [1.82, 2.24) is 15.6 Å². The number of hydrogen-bond acceptors (Lipinski definition) is 5. The average Bonchev–Trinajstić information content (AvgIpc) is 3.11. The first-order valence-corrected chi connectivity index (χ1v) is 8.40. The highest BCUT2D eigenvalue weighted by Gasteiger charge is 2.37. The summed E-state index contributed by atoms with van der Waals surface area (Å²) in [7, 11) is 3.84. The van der Waals surface area contributed by atoms with Gasteiger partial charge in [0.15, 0.2) is 0 Å². The van der Waals surface area contributed by atoms with Gasteiger partial charge in [-0.15, -0.1) is 0 Å². The number of nitrogens with one attached hydrogen (secondary N) is 2. The Morgan fingerprint density at radius 1 is 1.42 bits per heavy atom. The molecule has 1 aromatic heterocycles. The third-order valence-electron chi connectivity index (χ3n) is 4.62. The Morgan fingerprint density at radius 2 is 2.25 bits per heavy atom. The molecular formula is C17H24N4O3. The van der Waals surface area contributed by atoms with E-state index in [1.54, 1.807) is 12.3 Å². The summed E-state index contributed by atoms with van der Waals surface area (Å²) in [5.74, 6) is -0.198. The Morgan fingerprint density at radius 3 is 2.96 bits per heavy atom. The Balaban J connectivity index is 1.71. The van der Waals surface area contributed by atoms with Gasteiger partial charge >= 0.3 is 0 Å². The van der Waals surface area contributed by atoms with Crippen LogP contribution in [0.2, 0.25) is 0 Å². The minimum Gasteiger partial charge on any atom is -0.378 e. The van der Waals surface area contributed by atoms with Crippen LogP contribution >= 0.6 is 0 Å². The molecule has 1 unspecified atom stereocenters. The topological polar surface area (TPSA) is 83.6 Å². The van der Waals surface area contributed by atoms with Crippen molar-refractivity contribution in [3.63, 3.8) is 0 Å². The van der Waals surface area contributed by atoms with Crippen molar-refractivity contribution in [2.24, 2.45) is 0 Å². The Hall–Kier alpha value is -2.15. The van der Waals surface area contributed by atoms with Gasteiger partial charge in [-0.1, -0.05) is 0 Å². The number of amides is 2. The summed E-state index contributed by atoms with van der Waals surface area (Å²) in [6.07, 6.45) is 4.54. The number of rotatable bonds is 4. The number of ether oxygens (including phenoxy) is 1. The van der Waals surface area contributed by atoms with Crippen molar-refractivity contribution >= 4 is 17.5 Å². The fourth-order valence-corrected chi connectivity index (χ4v) is 3.29. The number of carbonyl (C=O) groups is 2. The van der Waals surface area contributed by atoms with E-state index in [2.05, 4.69) is 15.6 Å². The number of carbonyl (C=O) groups excluding carboxylic acids is 2. The highest BCUT2D eigenvalue weighted by atomic mass is 16.5. The number of piperidine rings is 1. The van der Waals surface area contributed by atoms with Gasteiger partial charge in [-0.05, 0) is 31.4 Å². The number of anilines is 1. The first-order chi connectivity index (χ1) is 11.5. The van der Waals surface area contributed by atoms with Crippen LogP contribution in [0.3, 0.4) is 0 Å². The number of aromatic nitrogens is 1. The van der Waals surface area contributed by atoms with Crippen molar-refractivity contribution < 1.29 is 14.3 Å². The van der Waals surface area contributed by atoms with Crippen LogP contribution in [0.4, 0.5) is 5.69 Å². The van der Waals surface area contributed by atoms with E-state index in [0.29, 0.717) is 25.1 Å². The van der Waals surface area contributed by atoms with Crippen LogP contribution in [0.15, 0.2) is 18.3 Å². The molecule has 0 spiro atoms. The second kappa shape index (κ2) is 7.17. The van der Waals surface area contributed by atoms with E-state index in [1.165, 1.54) is 0 Å². The molecule has 1 aromatic rings. The van der Waals surface area contributed by atoms with Crippen molar-refractivity contribution in [3.8, 4) is 0 Å². The zero-order valence-corrected chi connectivity index (χ0v) is 14.1. The fourth-order valence-electron chi connectivity index (χ4n) is 3.29. The van der Waals surface area contributed by atoms with E-state index in [9.17, 15) is 9.59 Å². The summed E-state index contributed by atoms with van der Waals surface area (Å²) in [4.78, 5) is 30.4. The molecule has 2 fully saturated rings. The molecule has 3 atom stereocenters. The van der Waals surface area contributed by atoms with Crippen LogP contribution < -0.4 is 15.5 Å². The van der Waals surface area contributed by atoms with Crippen LogP contribution in [0, 0.1) is 0 Å². The van der Waals surface area contributed by atoms with Crippen LogP contribution in [0.1, 0.15) is 36.2 Å². The van der Waals surface area contributed by atoms with Gasteiger partial charge in [0.05, 0.1) is 18.2 Å². The molecular weight excluding hydrogens is 308 g/mol. The predicted molar refractivity (Wildman–Crippen MR) is 90.0 cm³/mol. The molecule has 2 saturated heterocycles. The van der Waals surface area contributed by atoms with Gasteiger partial charge in [0.1, 0.15) is 5.69 Å². The molecule has 2 aliphatic rings. The molecule has 7 heteroatoms. The lowest BCUT2D eigenvalue weighted by molar-refractivity contribution is -0.125. The minimum absolute atomic E-state index is 0.0220. The van der Waals surface area contributed by atoms with E-state index in [0.717, 1.165) is 18.5 Å². The Bertz CT molecular complexity index is 614. The number of nitrogens with zero attached hydrogens (tertiary/aromatic N) is 2. The Labute approximate surface area is 141 Å². The molecule has 0 saturated carbocycles. The molecule has 0 bridgehead atoms. The van der Waals surface area contributed by atoms with Crippen molar-refractivity contribution in [1.29, 1.82) is 0 Å². The standard InChI is InChI=1S/C17H24N4O3/c1-21(2)11-7-8-18-13(10-11)17(23)19-12-5-6-15(22)20-16(12)14-4-3-9-24-14/h7-8,10,12,14,16H,3-6,9H2,1-2H3,(H,19,23)(H,20,22)/t12-,14?,16-/m0/s1. The first kappa shape index (κ1) is 16.7. The van der Waals surface area contributed by atoms with Gasteiger partial charge in [-0.25, -0.2) is 0 Å². The quantitative estimate of drug-likeness (QED) is 0.848. The van der Waals surface area contributed by atoms with Gasteiger partial charge < -0.3 is 20.3 Å². The molecule has 0 aromatic carbocycles. The number of hydrogen-bond donors (Lipinski definition) is 2. The largest absolute Gasteiger partial charge is 0.378 e. The third kappa shape index (κ3) is 3.67. The molecule has 2 aliphatic heterocycles.